The van der Waals surface area contributed by atoms with Gasteiger partial charge in [-0.05, 0) is 19.3 Å². The molecule has 0 saturated heterocycles. The minimum atomic E-state index is -0.986. The van der Waals surface area contributed by atoms with Crippen LogP contribution in [0.4, 0.5) is 0 Å². The first-order chi connectivity index (χ1) is 32.0. The molecule has 2 N–H and O–H groups in total. The van der Waals surface area contributed by atoms with Crippen LogP contribution in [0.1, 0.15) is 348 Å². The molecule has 4 nitrogen and oxygen atoms in total. The molecule has 0 aliphatic carbocycles. The lowest BCUT2D eigenvalue weighted by Gasteiger charge is -2.34. The minimum Gasteiger partial charge on any atom is -0.463 e. The fraction of sp³-hybridized carbons (Fsp3) is 0.983. The van der Waals surface area contributed by atoms with Crippen molar-refractivity contribution in [1.82, 2.24) is 0 Å². The SMILES string of the molecule is CCCCCCCCCCCCCCCCCCC(CCCCCCCCCCCCCCCCC)(CCCCCCCCCCCCCCCCCC)SCCC(=O)OCC(O)CO. The van der Waals surface area contributed by atoms with Gasteiger partial charge in [0.2, 0.25) is 0 Å². The zero-order valence-electron chi connectivity index (χ0n) is 44.9. The number of hydrogen-bond acceptors (Lipinski definition) is 5. The number of rotatable bonds is 57. The van der Waals surface area contributed by atoms with E-state index in [4.69, 9.17) is 4.74 Å². The summed E-state index contributed by atoms with van der Waals surface area (Å²) >= 11 is 2.09. The molecular formula is C60H120O4S. The van der Waals surface area contributed by atoms with Crippen molar-refractivity contribution in [3.05, 3.63) is 0 Å². The molecule has 0 bridgehead atoms. The van der Waals surface area contributed by atoms with Crippen molar-refractivity contribution in [3.63, 3.8) is 0 Å². The zero-order valence-corrected chi connectivity index (χ0v) is 45.7. The third-order valence-corrected chi connectivity index (χ3v) is 16.2. The van der Waals surface area contributed by atoms with Crippen molar-refractivity contribution in [3.8, 4) is 0 Å². The first-order valence-corrected chi connectivity index (χ1v) is 31.1. The third kappa shape index (κ3) is 50.0. The maximum Gasteiger partial charge on any atom is 0.306 e. The molecule has 0 saturated carbocycles. The van der Waals surface area contributed by atoms with Gasteiger partial charge in [0.05, 0.1) is 13.0 Å². The number of carbonyl (C=O) groups is 1. The molecule has 1 unspecified atom stereocenters. The van der Waals surface area contributed by atoms with Gasteiger partial charge in [-0.15, -0.1) is 0 Å². The first-order valence-electron chi connectivity index (χ1n) is 30.1. The highest BCUT2D eigenvalue weighted by molar-refractivity contribution is 8.00. The number of aliphatic hydroxyl groups is 2. The van der Waals surface area contributed by atoms with Gasteiger partial charge in [-0.25, -0.2) is 0 Å². The van der Waals surface area contributed by atoms with Crippen LogP contribution in [0.25, 0.3) is 0 Å². The molecule has 0 rings (SSSR count). The van der Waals surface area contributed by atoms with Crippen molar-refractivity contribution in [1.29, 1.82) is 0 Å². The lowest BCUT2D eigenvalue weighted by Crippen LogP contribution is -2.27. The average Bonchev–Trinajstić information content (AvgIpc) is 3.31. The number of unbranched alkanes of at least 4 members (excludes halogenated alkanes) is 44. The highest BCUT2D eigenvalue weighted by Crippen LogP contribution is 2.42. The van der Waals surface area contributed by atoms with Gasteiger partial charge in [0.1, 0.15) is 12.7 Å². The molecule has 0 amide bonds. The Morgan fingerprint density at radius 1 is 0.385 bits per heavy atom. The smallest absolute Gasteiger partial charge is 0.306 e. The number of aliphatic hydroxyl groups excluding tert-OH is 2. The van der Waals surface area contributed by atoms with Crippen LogP contribution in [0.5, 0.6) is 0 Å². The van der Waals surface area contributed by atoms with Crippen LogP contribution < -0.4 is 0 Å². The zero-order chi connectivity index (χ0) is 47.3. The number of carbonyl (C=O) groups excluding carboxylic acids is 1. The summed E-state index contributed by atoms with van der Waals surface area (Å²) in [7, 11) is 0. The molecule has 5 heteroatoms. The highest BCUT2D eigenvalue weighted by Gasteiger charge is 2.29. The normalized spacial score (nSPS) is 12.4. The number of ether oxygens (including phenoxy) is 1. The summed E-state index contributed by atoms with van der Waals surface area (Å²) in [4.78, 5) is 12.7. The van der Waals surface area contributed by atoms with E-state index in [1.807, 2.05) is 0 Å². The highest BCUT2D eigenvalue weighted by atomic mass is 32.2. The van der Waals surface area contributed by atoms with E-state index >= 15 is 0 Å². The van der Waals surface area contributed by atoms with Gasteiger partial charge in [-0.3, -0.25) is 4.79 Å². The summed E-state index contributed by atoms with van der Waals surface area (Å²) in [5.74, 6) is 0.556. The van der Waals surface area contributed by atoms with Crippen LogP contribution in [-0.2, 0) is 9.53 Å². The lowest BCUT2D eigenvalue weighted by atomic mass is 9.88. The average molecular weight is 938 g/mol. The predicted molar refractivity (Wildman–Crippen MR) is 292 cm³/mol. The molecule has 65 heavy (non-hydrogen) atoms. The Hall–Kier alpha value is -0.260. The van der Waals surface area contributed by atoms with Crippen molar-refractivity contribution < 1.29 is 19.7 Å². The molecule has 0 spiro atoms. The maximum absolute atomic E-state index is 12.7. The van der Waals surface area contributed by atoms with Crippen molar-refractivity contribution in [2.24, 2.45) is 0 Å². The second kappa shape index (κ2) is 54.7. The topological polar surface area (TPSA) is 66.8 Å². The summed E-state index contributed by atoms with van der Waals surface area (Å²) in [6, 6.07) is 0. The second-order valence-electron chi connectivity index (χ2n) is 21.1. The molecule has 1 atom stereocenters. The van der Waals surface area contributed by atoms with Crippen LogP contribution in [0, 0.1) is 0 Å². The van der Waals surface area contributed by atoms with E-state index in [0.717, 1.165) is 5.75 Å². The fourth-order valence-electron chi connectivity index (χ4n) is 10.1. The fourth-order valence-corrected chi connectivity index (χ4v) is 11.6. The van der Waals surface area contributed by atoms with Gasteiger partial charge in [-0.2, -0.15) is 11.8 Å². The van der Waals surface area contributed by atoms with E-state index in [1.165, 1.54) is 321 Å². The number of hydrogen-bond donors (Lipinski definition) is 2. The van der Waals surface area contributed by atoms with E-state index in [0.29, 0.717) is 6.42 Å². The van der Waals surface area contributed by atoms with Gasteiger partial charge >= 0.3 is 5.97 Å². The Labute approximate surface area is 413 Å². The molecule has 0 aromatic carbocycles. The monoisotopic (exact) mass is 937 g/mol. The predicted octanol–water partition coefficient (Wildman–Crippen LogP) is 20.3. The molecule has 0 aliphatic rings. The van der Waals surface area contributed by atoms with Crippen LogP contribution in [0.3, 0.4) is 0 Å². The van der Waals surface area contributed by atoms with Crippen LogP contribution in [0.2, 0.25) is 0 Å². The van der Waals surface area contributed by atoms with Crippen LogP contribution in [-0.4, -0.2) is 46.0 Å². The largest absolute Gasteiger partial charge is 0.463 e. The van der Waals surface area contributed by atoms with E-state index in [-0.39, 0.29) is 23.9 Å². The van der Waals surface area contributed by atoms with Crippen molar-refractivity contribution in [2.45, 2.75) is 359 Å². The third-order valence-electron chi connectivity index (χ3n) is 14.6. The van der Waals surface area contributed by atoms with Gasteiger partial charge in [0, 0.05) is 10.5 Å². The van der Waals surface area contributed by atoms with Crippen LogP contribution >= 0.6 is 11.8 Å². The van der Waals surface area contributed by atoms with Crippen molar-refractivity contribution in [2.75, 3.05) is 19.0 Å². The van der Waals surface area contributed by atoms with E-state index < -0.39 is 6.10 Å². The molecule has 390 valence electrons. The molecular weight excluding hydrogens is 817 g/mol. The quantitative estimate of drug-likeness (QED) is 0.0470. The Morgan fingerprint density at radius 2 is 0.600 bits per heavy atom. The van der Waals surface area contributed by atoms with E-state index in [9.17, 15) is 15.0 Å². The number of thioether (sulfide) groups is 1. The Bertz CT molecular complexity index is 860. The summed E-state index contributed by atoms with van der Waals surface area (Å²) in [5, 5.41) is 18.9. The van der Waals surface area contributed by atoms with E-state index in [1.54, 1.807) is 0 Å². The second-order valence-corrected chi connectivity index (χ2v) is 22.7. The molecule has 0 aromatic heterocycles. The van der Waals surface area contributed by atoms with Gasteiger partial charge in [0.25, 0.3) is 0 Å². The number of esters is 1. The molecule has 0 heterocycles. The molecule has 0 radical (unpaired) electrons. The first kappa shape index (κ1) is 64.7. The Morgan fingerprint density at radius 3 is 0.815 bits per heavy atom. The molecule has 0 aromatic rings. The standard InChI is InChI=1S/C60H120O4S/c1-4-7-10-13-16-19-22-25-28-31-34-37-40-43-46-49-53-60(65-55-51-59(63)64-57-58(62)56-61,52-48-45-42-39-36-33-30-27-24-21-18-15-12-9-6-3)54-50-47-44-41-38-35-32-29-26-23-20-17-14-11-8-5-2/h58,61-62H,4-57H2,1-3H3. The Balaban J connectivity index is 4.92. The lowest BCUT2D eigenvalue weighted by molar-refractivity contribution is -0.146. The molecule has 0 fully saturated rings. The van der Waals surface area contributed by atoms with Crippen LogP contribution in [0.15, 0.2) is 0 Å². The van der Waals surface area contributed by atoms with Gasteiger partial charge in [0.15, 0.2) is 0 Å². The molecule has 0 aliphatic heterocycles. The van der Waals surface area contributed by atoms with Gasteiger partial charge < -0.3 is 14.9 Å². The maximum atomic E-state index is 12.7. The van der Waals surface area contributed by atoms with Gasteiger partial charge in [-0.1, -0.05) is 323 Å². The van der Waals surface area contributed by atoms with E-state index in [2.05, 4.69) is 32.5 Å². The summed E-state index contributed by atoms with van der Waals surface area (Å²) in [6.45, 7) is 6.43. The van der Waals surface area contributed by atoms with Crippen molar-refractivity contribution >= 4 is 17.7 Å². The Kier molecular flexibility index (Phi) is 54.5. The summed E-state index contributed by atoms with van der Waals surface area (Å²) in [5.41, 5.74) is 0. The minimum absolute atomic E-state index is 0.108. The summed E-state index contributed by atoms with van der Waals surface area (Å²) in [6.07, 6.45) is 69.3. The summed E-state index contributed by atoms with van der Waals surface area (Å²) < 4.78 is 5.58.